The van der Waals surface area contributed by atoms with Crippen LogP contribution in [0.2, 0.25) is 0 Å². The highest BCUT2D eigenvalue weighted by molar-refractivity contribution is 6.08. The van der Waals surface area contributed by atoms with Crippen LogP contribution in [0.15, 0.2) is 42.5 Å². The highest BCUT2D eigenvalue weighted by Gasteiger charge is 2.13. The van der Waals surface area contributed by atoms with Crippen molar-refractivity contribution in [3.8, 4) is 5.75 Å². The van der Waals surface area contributed by atoms with E-state index in [9.17, 15) is 14.0 Å². The van der Waals surface area contributed by atoms with Gasteiger partial charge in [-0.05, 0) is 30.3 Å². The van der Waals surface area contributed by atoms with Gasteiger partial charge >= 0.3 is 0 Å². The molecule has 0 atom stereocenters. The normalized spacial score (nSPS) is 10.0. The smallest absolute Gasteiger partial charge is 0.255 e. The number of nitrogens with two attached hydrogens (primary N) is 1. The molecule has 0 aromatic heterocycles. The predicted octanol–water partition coefficient (Wildman–Crippen LogP) is 2.19. The van der Waals surface area contributed by atoms with E-state index in [0.717, 1.165) is 6.07 Å². The van der Waals surface area contributed by atoms with Gasteiger partial charge in [-0.15, -0.1) is 0 Å². The zero-order valence-electron chi connectivity index (χ0n) is 11.2. The average molecular weight is 288 g/mol. The van der Waals surface area contributed by atoms with E-state index < -0.39 is 17.6 Å². The van der Waals surface area contributed by atoms with Crippen LogP contribution in [0.25, 0.3) is 0 Å². The maximum atomic E-state index is 13.6. The molecule has 5 nitrogen and oxygen atoms in total. The van der Waals surface area contributed by atoms with Crippen LogP contribution in [-0.4, -0.2) is 18.9 Å². The van der Waals surface area contributed by atoms with Crippen molar-refractivity contribution in [3.05, 3.63) is 59.4 Å². The first-order chi connectivity index (χ1) is 10.0. The molecule has 0 unspecified atom stereocenters. The summed E-state index contributed by atoms with van der Waals surface area (Å²) in [6, 6.07) is 10.1. The maximum Gasteiger partial charge on any atom is 0.255 e. The zero-order valence-corrected chi connectivity index (χ0v) is 11.2. The molecule has 0 aliphatic rings. The number of carbonyl (C=O) groups is 2. The molecule has 2 aromatic carbocycles. The fourth-order valence-electron chi connectivity index (χ4n) is 1.81. The summed E-state index contributed by atoms with van der Waals surface area (Å²) < 4.78 is 18.4. The molecule has 0 radical (unpaired) electrons. The average Bonchev–Trinajstić information content (AvgIpc) is 2.47. The molecular weight excluding hydrogens is 275 g/mol. The Hall–Kier alpha value is -2.89. The van der Waals surface area contributed by atoms with Crippen LogP contribution in [0.3, 0.4) is 0 Å². The number of halogens is 1. The second-order valence-electron chi connectivity index (χ2n) is 4.21. The van der Waals surface area contributed by atoms with E-state index in [0.29, 0.717) is 0 Å². The molecular formula is C15H13FN2O3. The molecule has 6 heteroatoms. The van der Waals surface area contributed by atoms with Gasteiger partial charge in [-0.25, -0.2) is 4.39 Å². The second kappa shape index (κ2) is 6.04. The van der Waals surface area contributed by atoms with Crippen LogP contribution in [0.1, 0.15) is 20.7 Å². The fraction of sp³-hybridized carbons (Fsp3) is 0.0667. The number of methoxy groups -OCH3 is 1. The number of anilines is 1. The lowest BCUT2D eigenvalue weighted by molar-refractivity contribution is 0.100. The Kier molecular flexibility index (Phi) is 4.18. The third kappa shape index (κ3) is 3.17. The molecule has 0 saturated heterocycles. The number of hydrogen-bond acceptors (Lipinski definition) is 3. The van der Waals surface area contributed by atoms with Crippen molar-refractivity contribution >= 4 is 17.5 Å². The van der Waals surface area contributed by atoms with E-state index in [1.165, 1.54) is 31.4 Å². The monoisotopic (exact) mass is 288 g/mol. The van der Waals surface area contributed by atoms with Crippen molar-refractivity contribution in [1.82, 2.24) is 0 Å². The largest absolute Gasteiger partial charge is 0.494 e. The number of primary amides is 1. The molecule has 0 heterocycles. The number of rotatable bonds is 4. The number of ether oxygens (including phenoxy) is 1. The molecule has 0 fully saturated rings. The van der Waals surface area contributed by atoms with Crippen molar-refractivity contribution in [2.75, 3.05) is 12.4 Å². The summed E-state index contributed by atoms with van der Waals surface area (Å²) in [6.45, 7) is 0. The first-order valence-electron chi connectivity index (χ1n) is 6.06. The van der Waals surface area contributed by atoms with E-state index in [1.54, 1.807) is 12.1 Å². The number of nitrogens with one attached hydrogen (secondary N) is 1. The standard InChI is InChI=1S/C15H13FN2O3/c1-21-13-7-6-9(8-11(13)16)15(20)18-12-5-3-2-4-10(12)14(17)19/h2-8H,1H3,(H2,17,19)(H,18,20). The van der Waals surface area contributed by atoms with Crippen LogP contribution >= 0.6 is 0 Å². The Labute approximate surface area is 120 Å². The van der Waals surface area contributed by atoms with Crippen LogP contribution < -0.4 is 15.8 Å². The SMILES string of the molecule is COc1ccc(C(=O)Nc2ccccc2C(N)=O)cc1F. The summed E-state index contributed by atoms with van der Waals surface area (Å²) in [4.78, 5) is 23.3. The molecule has 0 spiro atoms. The molecule has 2 amide bonds. The van der Waals surface area contributed by atoms with Gasteiger partial charge in [0.2, 0.25) is 0 Å². The van der Waals surface area contributed by atoms with Crippen LogP contribution in [0.4, 0.5) is 10.1 Å². The van der Waals surface area contributed by atoms with E-state index >= 15 is 0 Å². The summed E-state index contributed by atoms with van der Waals surface area (Å²) in [5.74, 6) is -1.81. The summed E-state index contributed by atoms with van der Waals surface area (Å²) in [6.07, 6.45) is 0. The second-order valence-corrected chi connectivity index (χ2v) is 4.21. The summed E-state index contributed by atoms with van der Waals surface area (Å²) >= 11 is 0. The molecule has 2 rings (SSSR count). The molecule has 21 heavy (non-hydrogen) atoms. The van der Waals surface area contributed by atoms with Gasteiger partial charge in [0, 0.05) is 5.56 Å². The van der Waals surface area contributed by atoms with Crippen molar-refractivity contribution in [2.24, 2.45) is 5.73 Å². The summed E-state index contributed by atoms with van der Waals surface area (Å²) in [5, 5.41) is 2.53. The van der Waals surface area contributed by atoms with Gasteiger partial charge in [-0.2, -0.15) is 0 Å². The van der Waals surface area contributed by atoms with Crippen LogP contribution in [-0.2, 0) is 0 Å². The van der Waals surface area contributed by atoms with E-state index in [2.05, 4.69) is 5.32 Å². The number of benzene rings is 2. The summed E-state index contributed by atoms with van der Waals surface area (Å²) in [5.41, 5.74) is 5.78. The number of amides is 2. The Morgan fingerprint density at radius 2 is 1.90 bits per heavy atom. The summed E-state index contributed by atoms with van der Waals surface area (Å²) in [7, 11) is 1.33. The first-order valence-corrected chi connectivity index (χ1v) is 6.06. The van der Waals surface area contributed by atoms with Crippen molar-refractivity contribution in [2.45, 2.75) is 0 Å². The minimum absolute atomic E-state index is 0.0455. The molecule has 0 aliphatic heterocycles. The predicted molar refractivity (Wildman–Crippen MR) is 75.9 cm³/mol. The van der Waals surface area contributed by atoms with E-state index in [4.69, 9.17) is 10.5 Å². The van der Waals surface area contributed by atoms with Crippen molar-refractivity contribution in [3.63, 3.8) is 0 Å². The van der Waals surface area contributed by atoms with Gasteiger partial charge in [0.05, 0.1) is 18.4 Å². The number of carbonyl (C=O) groups excluding carboxylic acids is 2. The highest BCUT2D eigenvalue weighted by atomic mass is 19.1. The van der Waals surface area contributed by atoms with Crippen molar-refractivity contribution < 1.29 is 18.7 Å². The Morgan fingerprint density at radius 3 is 2.52 bits per heavy atom. The van der Waals surface area contributed by atoms with Gasteiger partial charge < -0.3 is 15.8 Å². The first kappa shape index (κ1) is 14.5. The molecule has 0 bridgehead atoms. The third-order valence-electron chi connectivity index (χ3n) is 2.85. The fourth-order valence-corrected chi connectivity index (χ4v) is 1.81. The van der Waals surface area contributed by atoms with Gasteiger partial charge in [-0.3, -0.25) is 9.59 Å². The van der Waals surface area contributed by atoms with Gasteiger partial charge in [0.15, 0.2) is 11.6 Å². The Bertz CT molecular complexity index is 701. The molecule has 108 valence electrons. The molecule has 0 aliphatic carbocycles. The van der Waals surface area contributed by atoms with Crippen molar-refractivity contribution in [1.29, 1.82) is 0 Å². The van der Waals surface area contributed by atoms with Gasteiger partial charge in [-0.1, -0.05) is 12.1 Å². The Morgan fingerprint density at radius 1 is 1.19 bits per heavy atom. The molecule has 0 saturated carbocycles. The Balaban J connectivity index is 2.26. The van der Waals surface area contributed by atoms with Gasteiger partial charge in [0.25, 0.3) is 11.8 Å². The van der Waals surface area contributed by atoms with Crippen LogP contribution in [0, 0.1) is 5.82 Å². The lowest BCUT2D eigenvalue weighted by Gasteiger charge is -2.09. The van der Waals surface area contributed by atoms with Crippen LogP contribution in [0.5, 0.6) is 5.75 Å². The van der Waals surface area contributed by atoms with E-state index in [-0.39, 0.29) is 22.6 Å². The molecule has 2 aromatic rings. The number of hydrogen-bond donors (Lipinski definition) is 2. The minimum atomic E-state index is -0.660. The van der Waals surface area contributed by atoms with Gasteiger partial charge in [0.1, 0.15) is 0 Å². The van der Waals surface area contributed by atoms with E-state index in [1.807, 2.05) is 0 Å². The quantitative estimate of drug-likeness (QED) is 0.904. The number of para-hydroxylation sites is 1. The minimum Gasteiger partial charge on any atom is -0.494 e. The lowest BCUT2D eigenvalue weighted by Crippen LogP contribution is -2.18. The topological polar surface area (TPSA) is 81.4 Å². The highest BCUT2D eigenvalue weighted by Crippen LogP contribution is 2.20. The lowest BCUT2D eigenvalue weighted by atomic mass is 10.1. The zero-order chi connectivity index (χ0) is 15.4. The third-order valence-corrected chi connectivity index (χ3v) is 2.85. The molecule has 3 N–H and O–H groups in total. The maximum absolute atomic E-state index is 13.6.